The van der Waals surface area contributed by atoms with Gasteiger partial charge >= 0.3 is 0 Å². The summed E-state index contributed by atoms with van der Waals surface area (Å²) in [6.45, 7) is 1.81. The minimum atomic E-state index is -0.444. The summed E-state index contributed by atoms with van der Waals surface area (Å²) in [6, 6.07) is 7.28. The van der Waals surface area contributed by atoms with Gasteiger partial charge in [0, 0.05) is 17.0 Å². The molecule has 3 N–H and O–H groups in total. The molecule has 2 aromatic rings. The van der Waals surface area contributed by atoms with Crippen molar-refractivity contribution >= 4 is 5.91 Å². The SMILES string of the molecule is COc1ccc(-c2cc(C(N)=O)c(C)[nH]2)cc1OC. The number of benzene rings is 1. The second kappa shape index (κ2) is 5.06. The van der Waals surface area contributed by atoms with Crippen molar-refractivity contribution in [2.75, 3.05) is 14.2 Å². The Morgan fingerprint density at radius 3 is 2.37 bits per heavy atom. The molecule has 0 unspecified atom stereocenters. The minimum absolute atomic E-state index is 0.444. The number of aromatic nitrogens is 1. The fourth-order valence-corrected chi connectivity index (χ4v) is 1.97. The zero-order valence-corrected chi connectivity index (χ0v) is 11.1. The molecule has 0 aliphatic carbocycles. The molecule has 0 aliphatic heterocycles. The fraction of sp³-hybridized carbons (Fsp3) is 0.214. The number of carbonyl (C=O) groups excluding carboxylic acids is 1. The Labute approximate surface area is 111 Å². The molecule has 0 bridgehead atoms. The number of carbonyl (C=O) groups is 1. The van der Waals surface area contributed by atoms with Crippen molar-refractivity contribution in [3.63, 3.8) is 0 Å². The van der Waals surface area contributed by atoms with E-state index in [4.69, 9.17) is 15.2 Å². The van der Waals surface area contributed by atoms with Gasteiger partial charge in [-0.25, -0.2) is 0 Å². The molecule has 1 amide bonds. The van der Waals surface area contributed by atoms with Crippen LogP contribution >= 0.6 is 0 Å². The van der Waals surface area contributed by atoms with Crippen LogP contribution in [0.4, 0.5) is 0 Å². The summed E-state index contributed by atoms with van der Waals surface area (Å²) in [4.78, 5) is 14.4. The molecule has 0 aliphatic rings. The summed E-state index contributed by atoms with van der Waals surface area (Å²) in [7, 11) is 3.16. The molecule has 2 rings (SSSR count). The van der Waals surface area contributed by atoms with Crippen LogP contribution < -0.4 is 15.2 Å². The Morgan fingerprint density at radius 1 is 1.16 bits per heavy atom. The van der Waals surface area contributed by atoms with E-state index in [1.54, 1.807) is 20.3 Å². The average Bonchev–Trinajstić information content (AvgIpc) is 2.80. The number of nitrogens with two attached hydrogens (primary N) is 1. The molecule has 5 nitrogen and oxygen atoms in total. The lowest BCUT2D eigenvalue weighted by Crippen LogP contribution is -2.10. The molecule has 0 spiro atoms. The molecule has 1 aromatic heterocycles. The number of H-pyrrole nitrogens is 1. The van der Waals surface area contributed by atoms with Crippen molar-refractivity contribution in [1.82, 2.24) is 4.98 Å². The van der Waals surface area contributed by atoms with Crippen LogP contribution in [0.5, 0.6) is 11.5 Å². The largest absolute Gasteiger partial charge is 0.493 e. The number of amides is 1. The van der Waals surface area contributed by atoms with E-state index < -0.39 is 5.91 Å². The molecule has 0 fully saturated rings. The number of ether oxygens (including phenoxy) is 2. The second-order valence-electron chi connectivity index (χ2n) is 4.16. The van der Waals surface area contributed by atoms with Crippen molar-refractivity contribution in [2.45, 2.75) is 6.92 Å². The molecule has 100 valence electrons. The van der Waals surface area contributed by atoms with Crippen molar-refractivity contribution in [1.29, 1.82) is 0 Å². The highest BCUT2D eigenvalue weighted by Crippen LogP contribution is 2.32. The van der Waals surface area contributed by atoms with Gasteiger partial charge in [-0.2, -0.15) is 0 Å². The first-order chi connectivity index (χ1) is 9.06. The maximum absolute atomic E-state index is 11.2. The Hall–Kier alpha value is -2.43. The predicted molar refractivity (Wildman–Crippen MR) is 72.6 cm³/mol. The van der Waals surface area contributed by atoms with E-state index in [0.29, 0.717) is 17.1 Å². The Morgan fingerprint density at radius 2 is 1.84 bits per heavy atom. The van der Waals surface area contributed by atoms with Gasteiger partial charge in [-0.05, 0) is 31.2 Å². The van der Waals surface area contributed by atoms with Crippen LogP contribution in [0.3, 0.4) is 0 Å². The third-order valence-corrected chi connectivity index (χ3v) is 2.97. The number of aromatic amines is 1. The molecular formula is C14H16N2O3. The average molecular weight is 260 g/mol. The van der Waals surface area contributed by atoms with Gasteiger partial charge in [-0.15, -0.1) is 0 Å². The van der Waals surface area contributed by atoms with E-state index >= 15 is 0 Å². The van der Waals surface area contributed by atoms with Gasteiger partial charge < -0.3 is 20.2 Å². The maximum Gasteiger partial charge on any atom is 0.250 e. The smallest absolute Gasteiger partial charge is 0.250 e. The van der Waals surface area contributed by atoms with Crippen LogP contribution in [0, 0.1) is 6.92 Å². The zero-order chi connectivity index (χ0) is 14.0. The molecule has 0 radical (unpaired) electrons. The highest BCUT2D eigenvalue weighted by Gasteiger charge is 2.12. The van der Waals surface area contributed by atoms with E-state index in [1.807, 2.05) is 25.1 Å². The number of aryl methyl sites for hydroxylation is 1. The molecular weight excluding hydrogens is 244 g/mol. The van der Waals surface area contributed by atoms with Gasteiger partial charge in [-0.3, -0.25) is 4.79 Å². The normalized spacial score (nSPS) is 10.3. The number of rotatable bonds is 4. The van der Waals surface area contributed by atoms with Gasteiger partial charge in [0.2, 0.25) is 0 Å². The van der Waals surface area contributed by atoms with Crippen LogP contribution in [-0.4, -0.2) is 25.1 Å². The first-order valence-electron chi connectivity index (χ1n) is 5.78. The monoisotopic (exact) mass is 260 g/mol. The van der Waals surface area contributed by atoms with E-state index in [1.165, 1.54) is 0 Å². The lowest BCUT2D eigenvalue weighted by molar-refractivity contribution is 0.1000. The fourth-order valence-electron chi connectivity index (χ4n) is 1.97. The highest BCUT2D eigenvalue weighted by molar-refractivity contribution is 5.95. The van der Waals surface area contributed by atoms with E-state index in [-0.39, 0.29) is 0 Å². The number of methoxy groups -OCH3 is 2. The summed E-state index contributed by atoms with van der Waals surface area (Å²) >= 11 is 0. The molecule has 0 saturated carbocycles. The van der Waals surface area contributed by atoms with Crippen LogP contribution in [0.15, 0.2) is 24.3 Å². The third-order valence-electron chi connectivity index (χ3n) is 2.97. The zero-order valence-electron chi connectivity index (χ0n) is 11.1. The van der Waals surface area contributed by atoms with Gasteiger partial charge in [0.15, 0.2) is 11.5 Å². The summed E-state index contributed by atoms with van der Waals surface area (Å²) in [5.74, 6) is 0.845. The van der Waals surface area contributed by atoms with E-state index in [2.05, 4.69) is 4.98 Å². The summed E-state index contributed by atoms with van der Waals surface area (Å²) in [5.41, 5.74) is 8.25. The van der Waals surface area contributed by atoms with Crippen molar-refractivity contribution in [3.8, 4) is 22.8 Å². The van der Waals surface area contributed by atoms with Crippen LogP contribution in [-0.2, 0) is 0 Å². The topological polar surface area (TPSA) is 77.3 Å². The lowest BCUT2D eigenvalue weighted by Gasteiger charge is -2.08. The number of hydrogen-bond acceptors (Lipinski definition) is 3. The van der Waals surface area contributed by atoms with Crippen molar-refractivity contribution < 1.29 is 14.3 Å². The predicted octanol–water partition coefficient (Wildman–Crippen LogP) is 2.11. The quantitative estimate of drug-likeness (QED) is 0.883. The number of nitrogens with one attached hydrogen (secondary N) is 1. The van der Waals surface area contributed by atoms with Gasteiger partial charge in [0.05, 0.1) is 19.8 Å². The second-order valence-corrected chi connectivity index (χ2v) is 4.16. The number of hydrogen-bond donors (Lipinski definition) is 2. The molecule has 0 saturated heterocycles. The van der Waals surface area contributed by atoms with Gasteiger partial charge in [-0.1, -0.05) is 0 Å². The van der Waals surface area contributed by atoms with Crippen molar-refractivity contribution in [3.05, 3.63) is 35.5 Å². The minimum Gasteiger partial charge on any atom is -0.493 e. The number of primary amides is 1. The molecule has 0 atom stereocenters. The van der Waals surface area contributed by atoms with E-state index in [9.17, 15) is 4.79 Å². The third kappa shape index (κ3) is 2.40. The van der Waals surface area contributed by atoms with Gasteiger partial charge in [0.25, 0.3) is 5.91 Å². The molecule has 5 heteroatoms. The summed E-state index contributed by atoms with van der Waals surface area (Å²) in [5, 5.41) is 0. The first-order valence-corrected chi connectivity index (χ1v) is 5.78. The highest BCUT2D eigenvalue weighted by atomic mass is 16.5. The maximum atomic E-state index is 11.2. The first kappa shape index (κ1) is 13.0. The molecule has 19 heavy (non-hydrogen) atoms. The Balaban J connectivity index is 2.47. The van der Waals surface area contributed by atoms with Crippen LogP contribution in [0.1, 0.15) is 16.1 Å². The summed E-state index contributed by atoms with van der Waals surface area (Å²) in [6.07, 6.45) is 0. The Kier molecular flexibility index (Phi) is 3.46. The van der Waals surface area contributed by atoms with Gasteiger partial charge in [0.1, 0.15) is 0 Å². The molecule has 1 heterocycles. The summed E-state index contributed by atoms with van der Waals surface area (Å²) < 4.78 is 10.4. The van der Waals surface area contributed by atoms with Crippen molar-refractivity contribution in [2.24, 2.45) is 5.73 Å². The lowest BCUT2D eigenvalue weighted by atomic mass is 10.1. The Bertz CT molecular complexity index is 617. The van der Waals surface area contributed by atoms with E-state index in [0.717, 1.165) is 17.0 Å². The standard InChI is InChI=1S/C14H16N2O3/c1-8-10(14(15)17)7-11(16-8)9-4-5-12(18-2)13(6-9)19-3/h4-7,16H,1-3H3,(H2,15,17). The van der Waals surface area contributed by atoms with Crippen LogP contribution in [0.25, 0.3) is 11.3 Å². The van der Waals surface area contributed by atoms with Crippen LogP contribution in [0.2, 0.25) is 0 Å². The molecule has 1 aromatic carbocycles.